The van der Waals surface area contributed by atoms with Gasteiger partial charge in [0, 0.05) is 24.1 Å². The van der Waals surface area contributed by atoms with E-state index < -0.39 is 0 Å². The molecule has 1 aliphatic rings. The van der Waals surface area contributed by atoms with Gasteiger partial charge in [0.25, 0.3) is 5.91 Å². The molecule has 0 fully saturated rings. The molecular weight excluding hydrogens is 282 g/mol. The summed E-state index contributed by atoms with van der Waals surface area (Å²) in [5.74, 6) is -0.170. The van der Waals surface area contributed by atoms with Crippen LogP contribution in [0.2, 0.25) is 0 Å². The van der Waals surface area contributed by atoms with Gasteiger partial charge in [0.2, 0.25) is 0 Å². The summed E-state index contributed by atoms with van der Waals surface area (Å²) >= 11 is 0. The lowest BCUT2D eigenvalue weighted by molar-refractivity contribution is -0.00698. The number of fused-ring (bicyclic) bond motifs is 1. The van der Waals surface area contributed by atoms with Crippen molar-refractivity contribution in [2.75, 3.05) is 6.61 Å². The van der Waals surface area contributed by atoms with Crippen LogP contribution < -0.4 is 5.32 Å². The van der Waals surface area contributed by atoms with Crippen molar-refractivity contribution in [3.05, 3.63) is 17.0 Å². The predicted octanol–water partition coefficient (Wildman–Crippen LogP) is 2.10. The number of aliphatic hydroxyl groups excluding tert-OH is 1. The van der Waals surface area contributed by atoms with E-state index in [9.17, 15) is 9.90 Å². The average molecular weight is 309 g/mol. The highest BCUT2D eigenvalue weighted by Gasteiger charge is 2.33. The molecule has 0 saturated carbocycles. The molecule has 0 radical (unpaired) electrons. The molecule has 0 unspecified atom stereocenters. The first-order chi connectivity index (χ1) is 10.5. The van der Waals surface area contributed by atoms with E-state index in [1.165, 1.54) is 0 Å². The monoisotopic (exact) mass is 309 g/mol. The first kappa shape index (κ1) is 17.0. The van der Waals surface area contributed by atoms with Gasteiger partial charge in [0.05, 0.1) is 17.9 Å². The maximum absolute atomic E-state index is 12.7. The number of carbonyl (C=O) groups is 1. The third-order valence-corrected chi connectivity index (χ3v) is 4.77. The van der Waals surface area contributed by atoms with Gasteiger partial charge in [-0.25, -0.2) is 0 Å². The third-order valence-electron chi connectivity index (χ3n) is 4.77. The number of aromatic nitrogens is 2. The second-order valence-corrected chi connectivity index (χ2v) is 6.17. The van der Waals surface area contributed by atoms with Crippen molar-refractivity contribution in [3.8, 4) is 0 Å². The Morgan fingerprint density at radius 3 is 2.73 bits per heavy atom. The topological polar surface area (TPSA) is 87.2 Å². The summed E-state index contributed by atoms with van der Waals surface area (Å²) < 4.78 is 5.75. The first-order valence-electron chi connectivity index (χ1n) is 8.12. The number of aromatic amines is 1. The molecule has 0 spiro atoms. The van der Waals surface area contributed by atoms with E-state index >= 15 is 0 Å². The molecule has 1 aromatic heterocycles. The summed E-state index contributed by atoms with van der Waals surface area (Å²) in [6, 6.07) is 0. The van der Waals surface area contributed by atoms with Crippen LogP contribution in [0.1, 0.15) is 74.8 Å². The minimum Gasteiger partial charge on any atom is -0.396 e. The van der Waals surface area contributed by atoms with E-state index in [1.807, 2.05) is 27.7 Å². The standard InChI is InChI=1S/C16H27N3O3/c1-5-16(6-2,7-8-20)17-15(21)14-12-9-10(3)22-11(4)13(12)18-19-14/h10-11,20H,5-9H2,1-4H3,(H,17,21)(H,18,19)/t10-,11+/m0/s1. The van der Waals surface area contributed by atoms with E-state index in [0.29, 0.717) is 18.5 Å². The quantitative estimate of drug-likeness (QED) is 0.751. The van der Waals surface area contributed by atoms with E-state index in [1.54, 1.807) is 0 Å². The highest BCUT2D eigenvalue weighted by atomic mass is 16.5. The average Bonchev–Trinajstić information content (AvgIpc) is 2.90. The van der Waals surface area contributed by atoms with Gasteiger partial charge in [-0.3, -0.25) is 9.89 Å². The molecule has 6 nitrogen and oxygen atoms in total. The van der Waals surface area contributed by atoms with E-state index in [2.05, 4.69) is 15.5 Å². The van der Waals surface area contributed by atoms with Gasteiger partial charge in [-0.1, -0.05) is 13.8 Å². The fourth-order valence-corrected chi connectivity index (χ4v) is 3.22. The number of ether oxygens (including phenoxy) is 1. The van der Waals surface area contributed by atoms with Crippen LogP contribution in [-0.2, 0) is 11.2 Å². The van der Waals surface area contributed by atoms with Gasteiger partial charge in [-0.05, 0) is 33.1 Å². The molecule has 2 atom stereocenters. The van der Waals surface area contributed by atoms with Gasteiger partial charge in [-0.2, -0.15) is 5.10 Å². The lowest BCUT2D eigenvalue weighted by Gasteiger charge is -2.32. The Hall–Kier alpha value is -1.40. The Labute approximate surface area is 131 Å². The number of carbonyl (C=O) groups excluding carboxylic acids is 1. The van der Waals surface area contributed by atoms with Gasteiger partial charge in [-0.15, -0.1) is 0 Å². The molecule has 0 aliphatic carbocycles. The summed E-state index contributed by atoms with van der Waals surface area (Å²) in [6.45, 7) is 8.07. The maximum Gasteiger partial charge on any atom is 0.272 e. The molecule has 3 N–H and O–H groups in total. The molecule has 22 heavy (non-hydrogen) atoms. The second-order valence-electron chi connectivity index (χ2n) is 6.17. The molecule has 0 aromatic carbocycles. The number of hydrogen-bond acceptors (Lipinski definition) is 4. The summed E-state index contributed by atoms with van der Waals surface area (Å²) in [6.07, 6.45) is 2.79. The zero-order valence-electron chi connectivity index (χ0n) is 13.9. The van der Waals surface area contributed by atoms with Crippen molar-refractivity contribution >= 4 is 5.91 Å². The zero-order valence-corrected chi connectivity index (χ0v) is 13.9. The number of rotatable bonds is 6. The van der Waals surface area contributed by atoms with Crippen molar-refractivity contribution in [3.63, 3.8) is 0 Å². The lowest BCUT2D eigenvalue weighted by atomic mass is 9.88. The fraction of sp³-hybridized carbons (Fsp3) is 0.750. The van der Waals surface area contributed by atoms with Crippen LogP contribution in [0.3, 0.4) is 0 Å². The third kappa shape index (κ3) is 3.17. The van der Waals surface area contributed by atoms with Crippen molar-refractivity contribution < 1.29 is 14.6 Å². The van der Waals surface area contributed by atoms with Crippen molar-refractivity contribution in [1.29, 1.82) is 0 Å². The summed E-state index contributed by atoms with van der Waals surface area (Å²) in [7, 11) is 0. The first-order valence-corrected chi connectivity index (χ1v) is 8.12. The number of H-pyrrole nitrogens is 1. The number of hydrogen-bond donors (Lipinski definition) is 3. The van der Waals surface area contributed by atoms with Crippen LogP contribution in [0.4, 0.5) is 0 Å². The highest BCUT2D eigenvalue weighted by molar-refractivity contribution is 5.94. The second kappa shape index (κ2) is 6.79. The van der Waals surface area contributed by atoms with Crippen LogP contribution in [0.15, 0.2) is 0 Å². The molecular formula is C16H27N3O3. The number of nitrogens with one attached hydrogen (secondary N) is 2. The molecule has 124 valence electrons. The Morgan fingerprint density at radius 1 is 1.45 bits per heavy atom. The van der Waals surface area contributed by atoms with E-state index in [4.69, 9.17) is 4.74 Å². The number of nitrogens with zero attached hydrogens (tertiary/aromatic N) is 1. The Morgan fingerprint density at radius 2 is 2.14 bits per heavy atom. The van der Waals surface area contributed by atoms with Crippen LogP contribution in [0.5, 0.6) is 0 Å². The highest BCUT2D eigenvalue weighted by Crippen LogP contribution is 2.30. The van der Waals surface area contributed by atoms with E-state index in [-0.39, 0.29) is 30.3 Å². The smallest absolute Gasteiger partial charge is 0.272 e. The fourth-order valence-electron chi connectivity index (χ4n) is 3.22. The van der Waals surface area contributed by atoms with Crippen LogP contribution in [0, 0.1) is 0 Å². The number of amides is 1. The van der Waals surface area contributed by atoms with Gasteiger partial charge in [0.1, 0.15) is 0 Å². The predicted molar refractivity (Wildman–Crippen MR) is 83.7 cm³/mol. The normalized spacial score (nSPS) is 21.5. The molecule has 6 heteroatoms. The van der Waals surface area contributed by atoms with Gasteiger partial charge < -0.3 is 15.2 Å². The Bertz CT molecular complexity index is 523. The van der Waals surface area contributed by atoms with Crippen molar-refractivity contribution in [2.45, 2.75) is 71.1 Å². The summed E-state index contributed by atoms with van der Waals surface area (Å²) in [5.41, 5.74) is 1.93. The van der Waals surface area contributed by atoms with E-state index in [0.717, 1.165) is 24.1 Å². The molecule has 0 saturated heterocycles. The maximum atomic E-state index is 12.7. The molecule has 1 amide bonds. The zero-order chi connectivity index (χ0) is 16.3. The van der Waals surface area contributed by atoms with Crippen LogP contribution in [-0.4, -0.2) is 39.5 Å². The Balaban J connectivity index is 2.24. The number of aliphatic hydroxyl groups is 1. The molecule has 2 rings (SSSR count). The SMILES string of the molecule is CCC(CC)(CCO)NC(=O)c1n[nH]c2c1C[C@H](C)O[C@@H]2C. The van der Waals surface area contributed by atoms with Crippen molar-refractivity contribution in [2.24, 2.45) is 0 Å². The molecule has 1 aromatic rings. The molecule has 1 aliphatic heterocycles. The minimum atomic E-state index is -0.375. The van der Waals surface area contributed by atoms with Crippen LogP contribution in [0.25, 0.3) is 0 Å². The largest absolute Gasteiger partial charge is 0.396 e. The molecule has 2 heterocycles. The summed E-state index contributed by atoms with van der Waals surface area (Å²) in [5, 5.41) is 19.5. The minimum absolute atomic E-state index is 0.0581. The Kier molecular flexibility index (Phi) is 5.24. The molecule has 0 bridgehead atoms. The van der Waals surface area contributed by atoms with Crippen molar-refractivity contribution in [1.82, 2.24) is 15.5 Å². The van der Waals surface area contributed by atoms with Gasteiger partial charge in [0.15, 0.2) is 5.69 Å². The summed E-state index contributed by atoms with van der Waals surface area (Å²) in [4.78, 5) is 12.7. The van der Waals surface area contributed by atoms with Gasteiger partial charge >= 0.3 is 0 Å². The van der Waals surface area contributed by atoms with Crippen LogP contribution >= 0.6 is 0 Å². The lowest BCUT2D eigenvalue weighted by Crippen LogP contribution is -2.48.